The third kappa shape index (κ3) is 3.76. The van der Waals surface area contributed by atoms with Crippen LogP contribution in [0, 0.1) is 12.8 Å². The first-order chi connectivity index (χ1) is 7.94. The van der Waals surface area contributed by atoms with Crippen molar-refractivity contribution in [1.29, 1.82) is 0 Å². The van der Waals surface area contributed by atoms with E-state index >= 15 is 0 Å². The number of sulfone groups is 1. The van der Waals surface area contributed by atoms with Crippen molar-refractivity contribution < 1.29 is 13.5 Å². The Bertz CT molecular complexity index is 481. The molecular weight excluding hydrogens is 258 g/mol. The molecule has 96 valence electrons. The molecule has 1 fully saturated rings. The smallest absolute Gasteiger partial charge is 0.150 e. The molecule has 0 amide bonds. The number of thiazole rings is 1. The monoisotopic (exact) mass is 275 g/mol. The van der Waals surface area contributed by atoms with Crippen molar-refractivity contribution in [3.8, 4) is 0 Å². The lowest BCUT2D eigenvalue weighted by atomic mass is 10.00. The van der Waals surface area contributed by atoms with E-state index in [4.69, 9.17) is 0 Å². The molecule has 1 saturated heterocycles. The molecule has 0 bridgehead atoms. The number of rotatable bonds is 4. The summed E-state index contributed by atoms with van der Waals surface area (Å²) in [5.74, 6) is 0.637. The molecule has 2 atom stereocenters. The van der Waals surface area contributed by atoms with Crippen molar-refractivity contribution in [3.05, 3.63) is 16.1 Å². The van der Waals surface area contributed by atoms with Crippen molar-refractivity contribution in [2.24, 2.45) is 5.92 Å². The molecule has 2 heterocycles. The average Bonchev–Trinajstić information content (AvgIpc) is 2.73. The van der Waals surface area contributed by atoms with Gasteiger partial charge in [0.15, 0.2) is 9.84 Å². The molecule has 6 heteroatoms. The SMILES string of the molecule is Cc1csc(CC(O)CC2CCS(=O)(=O)C2)n1. The highest BCUT2D eigenvalue weighted by atomic mass is 32.2. The second kappa shape index (κ2) is 5.04. The molecule has 0 radical (unpaired) electrons. The first-order valence-electron chi connectivity index (χ1n) is 5.74. The Kier molecular flexibility index (Phi) is 3.85. The molecule has 0 aliphatic carbocycles. The molecule has 0 saturated carbocycles. The summed E-state index contributed by atoms with van der Waals surface area (Å²) >= 11 is 1.55. The van der Waals surface area contributed by atoms with Crippen LogP contribution in [0.4, 0.5) is 0 Å². The lowest BCUT2D eigenvalue weighted by Gasteiger charge is -2.12. The topological polar surface area (TPSA) is 67.3 Å². The van der Waals surface area contributed by atoms with E-state index < -0.39 is 15.9 Å². The summed E-state index contributed by atoms with van der Waals surface area (Å²) in [6, 6.07) is 0. The van der Waals surface area contributed by atoms with E-state index in [0.29, 0.717) is 19.3 Å². The third-order valence-corrected chi connectivity index (χ3v) is 5.83. The van der Waals surface area contributed by atoms with E-state index in [9.17, 15) is 13.5 Å². The Balaban J connectivity index is 1.84. The summed E-state index contributed by atoms with van der Waals surface area (Å²) in [4.78, 5) is 4.29. The van der Waals surface area contributed by atoms with Crippen LogP contribution in [0.15, 0.2) is 5.38 Å². The second-order valence-corrected chi connectivity index (χ2v) is 7.92. The van der Waals surface area contributed by atoms with Gasteiger partial charge in [-0.2, -0.15) is 0 Å². The van der Waals surface area contributed by atoms with Crippen LogP contribution in [0.2, 0.25) is 0 Å². The Morgan fingerprint density at radius 1 is 1.65 bits per heavy atom. The van der Waals surface area contributed by atoms with Crippen LogP contribution < -0.4 is 0 Å². The molecule has 1 aromatic rings. The minimum absolute atomic E-state index is 0.121. The quantitative estimate of drug-likeness (QED) is 0.896. The molecule has 4 nitrogen and oxygen atoms in total. The minimum Gasteiger partial charge on any atom is -0.393 e. The van der Waals surface area contributed by atoms with Gasteiger partial charge in [0.05, 0.1) is 22.6 Å². The molecule has 1 aliphatic heterocycles. The minimum atomic E-state index is -2.83. The standard InChI is InChI=1S/C11H17NO3S2/c1-8-6-16-11(12-8)5-10(13)4-9-2-3-17(14,15)7-9/h6,9-10,13H,2-5,7H2,1H3. The summed E-state index contributed by atoms with van der Waals surface area (Å²) in [5, 5.41) is 12.8. The molecule has 2 rings (SSSR count). The fourth-order valence-electron chi connectivity index (χ4n) is 2.22. The van der Waals surface area contributed by atoms with Crippen LogP contribution >= 0.6 is 11.3 Å². The normalized spacial score (nSPS) is 24.9. The zero-order chi connectivity index (χ0) is 12.5. The number of aromatic nitrogens is 1. The lowest BCUT2D eigenvalue weighted by Crippen LogP contribution is -2.17. The van der Waals surface area contributed by atoms with Crippen LogP contribution in [-0.2, 0) is 16.3 Å². The molecular formula is C11H17NO3S2. The molecule has 0 aromatic carbocycles. The third-order valence-electron chi connectivity index (χ3n) is 3.01. The molecule has 1 aromatic heterocycles. The van der Waals surface area contributed by atoms with Gasteiger partial charge in [-0.1, -0.05) is 0 Å². The first-order valence-corrected chi connectivity index (χ1v) is 8.44. The van der Waals surface area contributed by atoms with E-state index in [1.165, 1.54) is 0 Å². The molecule has 1 aliphatic rings. The van der Waals surface area contributed by atoms with Crippen LogP contribution in [0.1, 0.15) is 23.5 Å². The van der Waals surface area contributed by atoms with Crippen molar-refractivity contribution in [1.82, 2.24) is 4.98 Å². The van der Waals surface area contributed by atoms with Gasteiger partial charge in [-0.25, -0.2) is 13.4 Å². The number of hydrogen-bond acceptors (Lipinski definition) is 5. The predicted molar refractivity (Wildman–Crippen MR) is 67.9 cm³/mol. The molecule has 2 unspecified atom stereocenters. The second-order valence-electron chi connectivity index (χ2n) is 4.75. The van der Waals surface area contributed by atoms with E-state index in [-0.39, 0.29) is 17.4 Å². The van der Waals surface area contributed by atoms with Crippen LogP contribution in [0.5, 0.6) is 0 Å². The highest BCUT2D eigenvalue weighted by Gasteiger charge is 2.29. The van der Waals surface area contributed by atoms with Crippen LogP contribution in [0.25, 0.3) is 0 Å². The summed E-state index contributed by atoms with van der Waals surface area (Å²) in [5.41, 5.74) is 0.973. The van der Waals surface area contributed by atoms with E-state index in [2.05, 4.69) is 4.98 Å². The van der Waals surface area contributed by atoms with Gasteiger partial charge in [0.1, 0.15) is 0 Å². The average molecular weight is 275 g/mol. The van der Waals surface area contributed by atoms with Gasteiger partial charge in [-0.05, 0) is 25.7 Å². The summed E-state index contributed by atoms with van der Waals surface area (Å²) in [6.45, 7) is 1.93. The Morgan fingerprint density at radius 3 is 2.94 bits per heavy atom. The maximum atomic E-state index is 11.3. The summed E-state index contributed by atoms with van der Waals surface area (Å²) in [6.07, 6.45) is 1.32. The van der Waals surface area contributed by atoms with E-state index in [1.54, 1.807) is 11.3 Å². The number of aliphatic hydroxyl groups is 1. The molecule has 0 spiro atoms. The van der Waals surface area contributed by atoms with Crippen molar-refractivity contribution >= 4 is 21.2 Å². The summed E-state index contributed by atoms with van der Waals surface area (Å²) in [7, 11) is -2.83. The Hall–Kier alpha value is -0.460. The Labute approximate surface area is 106 Å². The van der Waals surface area contributed by atoms with Crippen molar-refractivity contribution in [3.63, 3.8) is 0 Å². The number of aliphatic hydroxyl groups excluding tert-OH is 1. The highest BCUT2D eigenvalue weighted by molar-refractivity contribution is 7.91. The van der Waals surface area contributed by atoms with Gasteiger partial charge in [0.2, 0.25) is 0 Å². The number of aryl methyl sites for hydroxylation is 1. The Morgan fingerprint density at radius 2 is 2.41 bits per heavy atom. The highest BCUT2D eigenvalue weighted by Crippen LogP contribution is 2.24. The predicted octanol–water partition coefficient (Wildman–Crippen LogP) is 1.18. The lowest BCUT2D eigenvalue weighted by molar-refractivity contribution is 0.147. The number of hydrogen-bond donors (Lipinski definition) is 1. The fraction of sp³-hybridized carbons (Fsp3) is 0.727. The zero-order valence-corrected chi connectivity index (χ0v) is 11.4. The van der Waals surface area contributed by atoms with Crippen molar-refractivity contribution in [2.45, 2.75) is 32.3 Å². The summed E-state index contributed by atoms with van der Waals surface area (Å²) < 4.78 is 22.6. The largest absolute Gasteiger partial charge is 0.393 e. The van der Waals surface area contributed by atoms with Gasteiger partial charge >= 0.3 is 0 Å². The van der Waals surface area contributed by atoms with Gasteiger partial charge in [0, 0.05) is 17.5 Å². The van der Waals surface area contributed by atoms with Crippen molar-refractivity contribution in [2.75, 3.05) is 11.5 Å². The number of nitrogens with zero attached hydrogens (tertiary/aromatic N) is 1. The van der Waals surface area contributed by atoms with E-state index in [1.807, 2.05) is 12.3 Å². The zero-order valence-electron chi connectivity index (χ0n) is 9.80. The molecule has 1 N–H and O–H groups in total. The van der Waals surface area contributed by atoms with Crippen LogP contribution in [0.3, 0.4) is 0 Å². The van der Waals surface area contributed by atoms with Gasteiger partial charge < -0.3 is 5.11 Å². The van der Waals surface area contributed by atoms with Gasteiger partial charge in [-0.15, -0.1) is 11.3 Å². The van der Waals surface area contributed by atoms with Crippen LogP contribution in [-0.4, -0.2) is 36.1 Å². The molecule has 17 heavy (non-hydrogen) atoms. The fourth-order valence-corrected chi connectivity index (χ4v) is 4.95. The van der Waals surface area contributed by atoms with E-state index in [0.717, 1.165) is 10.7 Å². The van der Waals surface area contributed by atoms with Gasteiger partial charge in [-0.3, -0.25) is 0 Å². The maximum absolute atomic E-state index is 11.3. The maximum Gasteiger partial charge on any atom is 0.150 e. The van der Waals surface area contributed by atoms with Gasteiger partial charge in [0.25, 0.3) is 0 Å². The first kappa shape index (κ1) is 13.0.